The summed E-state index contributed by atoms with van der Waals surface area (Å²) >= 11 is 1.37. The molecule has 3 aromatic carbocycles. The maximum Gasteiger partial charge on any atom is 0.276 e. The number of nitrogens with one attached hydrogen (secondary N) is 1. The Hall–Kier alpha value is -2.77. The fourth-order valence-corrected chi connectivity index (χ4v) is 4.06. The Balaban J connectivity index is 1.88. The van der Waals surface area contributed by atoms with Crippen LogP contribution >= 0.6 is 11.8 Å². The van der Waals surface area contributed by atoms with Crippen LogP contribution in [0.3, 0.4) is 0 Å². The number of nitrogens with zero attached hydrogens (tertiary/aromatic N) is 1. The van der Waals surface area contributed by atoms with Crippen LogP contribution in [0.5, 0.6) is 5.75 Å². The molecule has 144 valence electrons. The van der Waals surface area contributed by atoms with Gasteiger partial charge in [-0.3, -0.25) is 0 Å². The zero-order valence-corrected chi connectivity index (χ0v) is 17.1. The molecule has 0 unspecified atom stereocenters. The lowest BCUT2D eigenvalue weighted by Gasteiger charge is -2.09. The van der Waals surface area contributed by atoms with Crippen LogP contribution in [0.2, 0.25) is 0 Å². The first-order valence-corrected chi connectivity index (χ1v) is 10.8. The minimum Gasteiger partial charge on any atom is -0.497 e. The van der Waals surface area contributed by atoms with Crippen LogP contribution in [0, 0.1) is 6.92 Å². The van der Waals surface area contributed by atoms with E-state index >= 15 is 0 Å². The summed E-state index contributed by atoms with van der Waals surface area (Å²) in [6.45, 7) is 1.90. The van der Waals surface area contributed by atoms with Gasteiger partial charge in [0.25, 0.3) is 10.0 Å². The van der Waals surface area contributed by atoms with E-state index in [1.807, 2.05) is 61.5 Å². The van der Waals surface area contributed by atoms with Crippen LogP contribution in [0.1, 0.15) is 11.1 Å². The number of ether oxygens (including phenoxy) is 1. The van der Waals surface area contributed by atoms with Crippen LogP contribution < -0.4 is 9.57 Å². The van der Waals surface area contributed by atoms with Crippen molar-refractivity contribution in [3.63, 3.8) is 0 Å². The number of thioether (sulfide) groups is 1. The molecule has 0 saturated carbocycles. The number of hydrazone groups is 1. The van der Waals surface area contributed by atoms with E-state index in [-0.39, 0.29) is 4.90 Å². The lowest BCUT2D eigenvalue weighted by atomic mass is 10.2. The van der Waals surface area contributed by atoms with Crippen LogP contribution in [0.25, 0.3) is 0 Å². The Morgan fingerprint density at radius 2 is 1.57 bits per heavy atom. The molecule has 5 nitrogen and oxygen atoms in total. The zero-order chi connectivity index (χ0) is 20.0. The lowest BCUT2D eigenvalue weighted by molar-refractivity contribution is 0.414. The highest BCUT2D eigenvalue weighted by molar-refractivity contribution is 8.14. The second-order valence-corrected chi connectivity index (χ2v) is 8.69. The zero-order valence-electron chi connectivity index (χ0n) is 15.5. The third kappa shape index (κ3) is 5.15. The van der Waals surface area contributed by atoms with Gasteiger partial charge in [-0.15, -0.1) is 0 Å². The molecule has 0 heterocycles. The van der Waals surface area contributed by atoms with Crippen molar-refractivity contribution in [1.29, 1.82) is 0 Å². The summed E-state index contributed by atoms with van der Waals surface area (Å²) in [6, 6.07) is 23.6. The standard InChI is InChI=1S/C21H20N2O3S2/c1-16-8-14-20(15-9-16)28(24,25)23-22-21(17-6-4-3-5-7-17)27-19-12-10-18(26-2)11-13-19/h3-15,23H,1-2H3/b22-21+. The molecule has 0 fully saturated rings. The fourth-order valence-electron chi connectivity index (χ4n) is 2.35. The molecule has 1 N–H and O–H groups in total. The highest BCUT2D eigenvalue weighted by Crippen LogP contribution is 2.26. The van der Waals surface area contributed by atoms with Crippen LogP contribution in [0.4, 0.5) is 0 Å². The van der Waals surface area contributed by atoms with Gasteiger partial charge in [0.05, 0.1) is 12.0 Å². The predicted molar refractivity (Wildman–Crippen MR) is 113 cm³/mol. The van der Waals surface area contributed by atoms with Gasteiger partial charge in [0.2, 0.25) is 0 Å². The number of rotatable bonds is 6. The van der Waals surface area contributed by atoms with E-state index in [1.165, 1.54) is 11.8 Å². The van der Waals surface area contributed by atoms with Gasteiger partial charge < -0.3 is 4.74 Å². The normalized spacial score (nSPS) is 11.9. The van der Waals surface area contributed by atoms with Crippen molar-refractivity contribution in [3.05, 3.63) is 90.0 Å². The maximum atomic E-state index is 12.6. The van der Waals surface area contributed by atoms with Gasteiger partial charge in [-0.25, -0.2) is 0 Å². The average Bonchev–Trinajstić information content (AvgIpc) is 2.72. The molecule has 3 rings (SSSR count). The Kier molecular flexibility index (Phi) is 6.38. The number of methoxy groups -OCH3 is 1. The van der Waals surface area contributed by atoms with Crippen molar-refractivity contribution in [3.8, 4) is 5.75 Å². The van der Waals surface area contributed by atoms with Crippen molar-refractivity contribution < 1.29 is 13.2 Å². The lowest BCUT2D eigenvalue weighted by Crippen LogP contribution is -2.20. The first-order chi connectivity index (χ1) is 13.5. The van der Waals surface area contributed by atoms with Crippen molar-refractivity contribution in [2.24, 2.45) is 5.10 Å². The number of benzene rings is 3. The molecule has 0 aromatic heterocycles. The molecule has 0 radical (unpaired) electrons. The quantitative estimate of drug-likeness (QED) is 0.281. The number of sulfonamides is 1. The van der Waals surface area contributed by atoms with E-state index in [4.69, 9.17) is 4.74 Å². The van der Waals surface area contributed by atoms with E-state index in [1.54, 1.807) is 31.4 Å². The minimum absolute atomic E-state index is 0.170. The van der Waals surface area contributed by atoms with Crippen LogP contribution in [-0.4, -0.2) is 20.6 Å². The fraction of sp³-hybridized carbons (Fsp3) is 0.0952. The topological polar surface area (TPSA) is 67.8 Å². The van der Waals surface area contributed by atoms with E-state index in [9.17, 15) is 8.42 Å². The van der Waals surface area contributed by atoms with Crippen molar-refractivity contribution in [2.45, 2.75) is 16.7 Å². The van der Waals surface area contributed by atoms with Gasteiger partial charge in [-0.05, 0) is 43.3 Å². The van der Waals surface area contributed by atoms with Crippen molar-refractivity contribution in [1.82, 2.24) is 4.83 Å². The van der Waals surface area contributed by atoms with Gasteiger partial charge in [0.15, 0.2) is 0 Å². The molecule has 0 aliphatic heterocycles. The first-order valence-electron chi connectivity index (χ1n) is 8.51. The van der Waals surface area contributed by atoms with Gasteiger partial charge in [0.1, 0.15) is 10.8 Å². The third-order valence-electron chi connectivity index (χ3n) is 3.89. The summed E-state index contributed by atoms with van der Waals surface area (Å²) in [4.78, 5) is 3.44. The molecule has 0 aliphatic carbocycles. The predicted octanol–water partition coefficient (Wildman–Crippen LogP) is 4.44. The van der Waals surface area contributed by atoms with Crippen LogP contribution in [0.15, 0.2) is 93.8 Å². The Morgan fingerprint density at radius 1 is 0.929 bits per heavy atom. The van der Waals surface area contributed by atoms with Gasteiger partial charge in [0, 0.05) is 10.5 Å². The van der Waals surface area contributed by atoms with Crippen molar-refractivity contribution >= 4 is 26.8 Å². The highest BCUT2D eigenvalue weighted by atomic mass is 32.2. The van der Waals surface area contributed by atoms with E-state index in [2.05, 4.69) is 9.93 Å². The molecule has 0 atom stereocenters. The molecule has 0 aliphatic rings. The summed E-state index contributed by atoms with van der Waals surface area (Å²) in [7, 11) is -2.14. The summed E-state index contributed by atoms with van der Waals surface area (Å²) in [5.74, 6) is 0.752. The van der Waals surface area contributed by atoms with E-state index in [0.717, 1.165) is 21.8 Å². The molecular weight excluding hydrogens is 392 g/mol. The van der Waals surface area contributed by atoms with E-state index in [0.29, 0.717) is 5.04 Å². The summed E-state index contributed by atoms with van der Waals surface area (Å²) in [5.41, 5.74) is 1.80. The monoisotopic (exact) mass is 412 g/mol. The Labute approximate surface area is 169 Å². The smallest absolute Gasteiger partial charge is 0.276 e. The summed E-state index contributed by atoms with van der Waals surface area (Å²) in [6.07, 6.45) is 0. The molecular formula is C21H20N2O3S2. The Morgan fingerprint density at radius 3 is 2.18 bits per heavy atom. The second kappa shape index (κ2) is 8.95. The molecule has 0 spiro atoms. The number of hydrogen-bond donors (Lipinski definition) is 1. The third-order valence-corrected chi connectivity index (χ3v) is 6.15. The SMILES string of the molecule is COc1ccc(S/C(=N/NS(=O)(=O)c2ccc(C)cc2)c2ccccc2)cc1. The molecule has 0 bridgehead atoms. The van der Waals surface area contributed by atoms with E-state index < -0.39 is 10.0 Å². The van der Waals surface area contributed by atoms with Gasteiger partial charge in [-0.2, -0.15) is 18.4 Å². The molecule has 0 amide bonds. The Bertz CT molecular complexity index is 1050. The number of hydrogen-bond acceptors (Lipinski definition) is 5. The molecule has 3 aromatic rings. The van der Waals surface area contributed by atoms with Gasteiger partial charge in [-0.1, -0.05) is 59.8 Å². The van der Waals surface area contributed by atoms with Gasteiger partial charge >= 0.3 is 0 Å². The maximum absolute atomic E-state index is 12.6. The largest absolute Gasteiger partial charge is 0.497 e. The van der Waals surface area contributed by atoms with Crippen molar-refractivity contribution in [2.75, 3.05) is 7.11 Å². The summed E-state index contributed by atoms with van der Waals surface area (Å²) in [5, 5.41) is 4.76. The second-order valence-electron chi connectivity index (χ2n) is 5.97. The molecule has 0 saturated heterocycles. The summed E-state index contributed by atoms with van der Waals surface area (Å²) < 4.78 is 30.3. The minimum atomic E-state index is -3.75. The molecule has 28 heavy (non-hydrogen) atoms. The molecule has 7 heteroatoms. The average molecular weight is 413 g/mol. The van der Waals surface area contributed by atoms with Crippen LogP contribution in [-0.2, 0) is 10.0 Å². The number of aryl methyl sites for hydroxylation is 1. The highest BCUT2D eigenvalue weighted by Gasteiger charge is 2.14. The first kappa shape index (κ1) is 20.0.